The summed E-state index contributed by atoms with van der Waals surface area (Å²) in [6.45, 7) is 7.52. The predicted octanol–water partition coefficient (Wildman–Crippen LogP) is 2.43. The van der Waals surface area contributed by atoms with Gasteiger partial charge in [0.25, 0.3) is 0 Å². The summed E-state index contributed by atoms with van der Waals surface area (Å²) >= 11 is 0. The Hall–Kier alpha value is -1.70. The molecule has 1 aromatic carbocycles. The number of hydrogen-bond acceptors (Lipinski definition) is 2. The summed E-state index contributed by atoms with van der Waals surface area (Å²) in [5, 5.41) is 6.07. The van der Waals surface area contributed by atoms with Crippen molar-refractivity contribution < 1.29 is 0 Å². The van der Waals surface area contributed by atoms with E-state index in [0.717, 1.165) is 16.9 Å². The normalized spacial score (nSPS) is 9.00. The molecule has 0 unspecified atom stereocenters. The van der Waals surface area contributed by atoms with Crippen molar-refractivity contribution >= 4 is 11.4 Å². The zero-order valence-electron chi connectivity index (χ0n) is 7.80. The topological polar surface area (TPSA) is 24.1 Å². The van der Waals surface area contributed by atoms with Crippen LogP contribution in [-0.2, 0) is 0 Å². The van der Waals surface area contributed by atoms with Crippen LogP contribution in [-0.4, -0.2) is 7.05 Å². The van der Waals surface area contributed by atoms with Crippen molar-refractivity contribution in [2.24, 2.45) is 0 Å². The fourth-order valence-corrected chi connectivity index (χ4v) is 1.12. The zero-order chi connectivity index (χ0) is 9.68. The van der Waals surface area contributed by atoms with Gasteiger partial charge in [0, 0.05) is 24.0 Å². The molecule has 0 saturated heterocycles. The van der Waals surface area contributed by atoms with Gasteiger partial charge in [0.15, 0.2) is 0 Å². The Morgan fingerprint density at radius 1 is 1.38 bits per heavy atom. The van der Waals surface area contributed by atoms with E-state index in [-0.39, 0.29) is 0 Å². The van der Waals surface area contributed by atoms with Gasteiger partial charge in [-0.15, -0.1) is 0 Å². The number of anilines is 1. The van der Waals surface area contributed by atoms with Gasteiger partial charge in [0.05, 0.1) is 0 Å². The maximum Gasteiger partial charge on any atom is 0.0473 e. The summed E-state index contributed by atoms with van der Waals surface area (Å²) in [6, 6.07) is 7.94. The first-order valence-electron chi connectivity index (χ1n) is 4.13. The van der Waals surface area contributed by atoms with Crippen LogP contribution in [0, 0.1) is 0 Å². The number of benzene rings is 1. The average Bonchev–Trinajstić information content (AvgIpc) is 2.18. The molecule has 0 aromatic heterocycles. The van der Waals surface area contributed by atoms with Crippen LogP contribution in [0.4, 0.5) is 5.69 Å². The second-order valence-electron chi connectivity index (χ2n) is 2.62. The molecule has 2 heteroatoms. The number of para-hydroxylation sites is 1. The van der Waals surface area contributed by atoms with Crippen LogP contribution in [0.25, 0.3) is 5.70 Å². The van der Waals surface area contributed by atoms with E-state index in [1.54, 1.807) is 6.20 Å². The first-order valence-corrected chi connectivity index (χ1v) is 4.13. The van der Waals surface area contributed by atoms with E-state index in [2.05, 4.69) is 23.8 Å². The van der Waals surface area contributed by atoms with E-state index in [1.165, 1.54) is 0 Å². The lowest BCUT2D eigenvalue weighted by Gasteiger charge is -2.10. The second kappa shape index (κ2) is 4.36. The molecule has 2 N–H and O–H groups in total. The molecule has 0 atom stereocenters. The average molecular weight is 174 g/mol. The second-order valence-corrected chi connectivity index (χ2v) is 2.62. The van der Waals surface area contributed by atoms with Gasteiger partial charge >= 0.3 is 0 Å². The number of rotatable bonds is 4. The highest BCUT2D eigenvalue weighted by Gasteiger charge is 2.01. The fraction of sp³-hybridized carbons (Fsp3) is 0.0909. The van der Waals surface area contributed by atoms with E-state index in [1.807, 2.05) is 31.3 Å². The van der Waals surface area contributed by atoms with Gasteiger partial charge < -0.3 is 10.6 Å². The number of hydrogen-bond donors (Lipinski definition) is 2. The molecule has 0 aliphatic rings. The molecule has 1 aromatic rings. The minimum absolute atomic E-state index is 0.893. The van der Waals surface area contributed by atoms with Crippen molar-refractivity contribution in [1.82, 2.24) is 5.32 Å². The van der Waals surface area contributed by atoms with Crippen LogP contribution in [0.5, 0.6) is 0 Å². The summed E-state index contributed by atoms with van der Waals surface area (Å²) in [5.41, 5.74) is 2.96. The van der Waals surface area contributed by atoms with E-state index in [0.29, 0.717) is 0 Å². The lowest BCUT2D eigenvalue weighted by Crippen LogP contribution is -2.05. The summed E-state index contributed by atoms with van der Waals surface area (Å²) < 4.78 is 0. The van der Waals surface area contributed by atoms with Crippen LogP contribution < -0.4 is 10.6 Å². The Morgan fingerprint density at radius 2 is 2.08 bits per heavy atom. The third kappa shape index (κ3) is 2.12. The molecule has 68 valence electrons. The molecule has 2 nitrogen and oxygen atoms in total. The monoisotopic (exact) mass is 174 g/mol. The van der Waals surface area contributed by atoms with Crippen LogP contribution in [0.1, 0.15) is 5.56 Å². The van der Waals surface area contributed by atoms with Crippen molar-refractivity contribution in [3.8, 4) is 0 Å². The van der Waals surface area contributed by atoms with Gasteiger partial charge in [-0.3, -0.25) is 0 Å². The Morgan fingerprint density at radius 3 is 2.69 bits per heavy atom. The van der Waals surface area contributed by atoms with Gasteiger partial charge in [-0.05, 0) is 12.3 Å². The van der Waals surface area contributed by atoms with Crippen LogP contribution in [0.2, 0.25) is 0 Å². The van der Waals surface area contributed by atoms with Gasteiger partial charge in [0.2, 0.25) is 0 Å². The highest BCUT2D eigenvalue weighted by Crippen LogP contribution is 2.20. The predicted molar refractivity (Wildman–Crippen MR) is 58.4 cm³/mol. The van der Waals surface area contributed by atoms with E-state index >= 15 is 0 Å². The molecule has 0 bridgehead atoms. The quantitative estimate of drug-likeness (QED) is 0.732. The van der Waals surface area contributed by atoms with E-state index in [9.17, 15) is 0 Å². The largest absolute Gasteiger partial charge is 0.388 e. The van der Waals surface area contributed by atoms with E-state index < -0.39 is 0 Å². The Kier molecular flexibility index (Phi) is 3.15. The van der Waals surface area contributed by atoms with Crippen molar-refractivity contribution in [1.29, 1.82) is 0 Å². The van der Waals surface area contributed by atoms with Crippen LogP contribution >= 0.6 is 0 Å². The van der Waals surface area contributed by atoms with Gasteiger partial charge in [-0.25, -0.2) is 0 Å². The zero-order valence-corrected chi connectivity index (χ0v) is 7.80. The summed E-state index contributed by atoms with van der Waals surface area (Å²) in [5.74, 6) is 0. The molecule has 0 radical (unpaired) electrons. The summed E-state index contributed by atoms with van der Waals surface area (Å²) in [7, 11) is 1.85. The number of nitrogens with one attached hydrogen (secondary N) is 2. The molecular formula is C11H14N2. The lowest BCUT2D eigenvalue weighted by molar-refractivity contribution is 1.13. The molecule has 0 saturated carbocycles. The molecule has 1 rings (SSSR count). The third-order valence-electron chi connectivity index (χ3n) is 1.81. The Balaban J connectivity index is 3.03. The highest BCUT2D eigenvalue weighted by atomic mass is 14.9. The molecule has 0 heterocycles. The smallest absolute Gasteiger partial charge is 0.0473 e. The first-order chi connectivity index (χ1) is 6.29. The molecule has 0 aliphatic heterocycles. The molecule has 0 aliphatic carbocycles. The Bertz CT molecular complexity index is 316. The molecular weight excluding hydrogens is 160 g/mol. The maximum atomic E-state index is 3.90. The van der Waals surface area contributed by atoms with Crippen LogP contribution in [0.3, 0.4) is 0 Å². The van der Waals surface area contributed by atoms with Crippen molar-refractivity contribution in [3.05, 3.63) is 49.2 Å². The lowest BCUT2D eigenvalue weighted by atomic mass is 10.1. The maximum absolute atomic E-state index is 3.90. The third-order valence-corrected chi connectivity index (χ3v) is 1.81. The van der Waals surface area contributed by atoms with Gasteiger partial charge in [-0.1, -0.05) is 31.4 Å². The highest BCUT2D eigenvalue weighted by molar-refractivity contribution is 5.74. The summed E-state index contributed by atoms with van der Waals surface area (Å²) in [4.78, 5) is 0. The molecule has 0 amide bonds. The molecule has 0 fully saturated rings. The minimum atomic E-state index is 0.893. The van der Waals surface area contributed by atoms with Crippen molar-refractivity contribution in [2.45, 2.75) is 0 Å². The van der Waals surface area contributed by atoms with Gasteiger partial charge in [0.1, 0.15) is 0 Å². The summed E-state index contributed by atoms with van der Waals surface area (Å²) in [6.07, 6.45) is 1.65. The Labute approximate surface area is 79.0 Å². The van der Waals surface area contributed by atoms with Crippen molar-refractivity contribution in [2.75, 3.05) is 12.4 Å². The molecule has 0 spiro atoms. The van der Waals surface area contributed by atoms with Crippen molar-refractivity contribution in [3.63, 3.8) is 0 Å². The first kappa shape index (κ1) is 9.39. The fourth-order valence-electron chi connectivity index (χ4n) is 1.12. The SMILES string of the molecule is C=CNc1ccccc1C(=C)NC. The van der Waals surface area contributed by atoms with E-state index in [4.69, 9.17) is 0 Å². The molecule has 13 heavy (non-hydrogen) atoms. The minimum Gasteiger partial charge on any atom is -0.388 e. The standard InChI is InChI=1S/C11H14N2/c1-4-13-11-8-6-5-7-10(11)9(2)12-3/h4-8,12-13H,1-2H2,3H3. The van der Waals surface area contributed by atoms with Crippen LogP contribution in [0.15, 0.2) is 43.6 Å². The van der Waals surface area contributed by atoms with Gasteiger partial charge in [-0.2, -0.15) is 0 Å².